The zero-order chi connectivity index (χ0) is 9.31. The van der Waals surface area contributed by atoms with Crippen LogP contribution in [0.2, 0.25) is 0 Å². The van der Waals surface area contributed by atoms with Gasteiger partial charge in [0.2, 0.25) is 0 Å². The lowest BCUT2D eigenvalue weighted by atomic mass is 10.3. The van der Waals surface area contributed by atoms with Gasteiger partial charge in [0.1, 0.15) is 0 Å². The van der Waals surface area contributed by atoms with E-state index in [2.05, 4.69) is 30.3 Å². The van der Waals surface area contributed by atoms with Crippen LogP contribution in [0.15, 0.2) is 12.3 Å². The van der Waals surface area contributed by atoms with Gasteiger partial charge in [0.15, 0.2) is 0 Å². The summed E-state index contributed by atoms with van der Waals surface area (Å²) in [6.07, 6.45) is 4.50. The van der Waals surface area contributed by atoms with Crippen LogP contribution in [0.1, 0.15) is 32.4 Å². The molecule has 3 nitrogen and oxygen atoms in total. The van der Waals surface area contributed by atoms with Crippen molar-refractivity contribution in [1.82, 2.24) is 15.1 Å². The van der Waals surface area contributed by atoms with Gasteiger partial charge >= 0.3 is 0 Å². The van der Waals surface area contributed by atoms with Gasteiger partial charge in [0, 0.05) is 24.8 Å². The van der Waals surface area contributed by atoms with Gasteiger partial charge in [-0.1, -0.05) is 0 Å². The van der Waals surface area contributed by atoms with Crippen LogP contribution >= 0.6 is 0 Å². The van der Waals surface area contributed by atoms with Crippen molar-refractivity contribution in [3.8, 4) is 0 Å². The Hall–Kier alpha value is -0.830. The molecule has 3 heteroatoms. The van der Waals surface area contributed by atoms with Crippen molar-refractivity contribution in [2.75, 3.05) is 0 Å². The van der Waals surface area contributed by atoms with Gasteiger partial charge in [0.25, 0.3) is 0 Å². The van der Waals surface area contributed by atoms with E-state index in [-0.39, 0.29) is 0 Å². The van der Waals surface area contributed by atoms with E-state index in [4.69, 9.17) is 0 Å². The second kappa shape index (κ2) is 3.14. The second-order valence-corrected chi connectivity index (χ2v) is 4.05. The van der Waals surface area contributed by atoms with Crippen molar-refractivity contribution in [1.29, 1.82) is 0 Å². The van der Waals surface area contributed by atoms with Crippen LogP contribution in [-0.4, -0.2) is 15.3 Å². The van der Waals surface area contributed by atoms with Crippen molar-refractivity contribution in [3.05, 3.63) is 18.0 Å². The summed E-state index contributed by atoms with van der Waals surface area (Å²) in [5, 5.41) is 7.78. The smallest absolute Gasteiger partial charge is 0.0522 e. The fraction of sp³-hybridized carbons (Fsp3) is 0.700. The van der Waals surface area contributed by atoms with Gasteiger partial charge in [0.05, 0.1) is 5.69 Å². The number of nitrogens with zero attached hydrogens (tertiary/aromatic N) is 2. The minimum Gasteiger partial charge on any atom is -0.306 e. The van der Waals surface area contributed by atoms with Crippen molar-refractivity contribution in [3.63, 3.8) is 0 Å². The summed E-state index contributed by atoms with van der Waals surface area (Å²) in [5.41, 5.74) is 1.71. The summed E-state index contributed by atoms with van der Waals surface area (Å²) in [6.45, 7) is 6.31. The van der Waals surface area contributed by atoms with Gasteiger partial charge < -0.3 is 5.32 Å². The zero-order valence-electron chi connectivity index (χ0n) is 8.38. The van der Waals surface area contributed by atoms with E-state index in [1.807, 2.05) is 10.9 Å². The maximum Gasteiger partial charge on any atom is 0.0522 e. The fourth-order valence-electron chi connectivity index (χ4n) is 1.46. The Balaban J connectivity index is 1.93. The molecule has 0 spiro atoms. The highest BCUT2D eigenvalue weighted by Crippen LogP contribution is 2.34. The Morgan fingerprint density at radius 2 is 2.38 bits per heavy atom. The minimum absolute atomic E-state index is 0.419. The molecule has 2 rings (SSSR count). The molecule has 1 aliphatic rings. The molecule has 0 aromatic carbocycles. The number of aromatic nitrogens is 2. The van der Waals surface area contributed by atoms with Crippen molar-refractivity contribution >= 4 is 0 Å². The third-order valence-corrected chi connectivity index (χ3v) is 2.80. The van der Waals surface area contributed by atoms with Crippen molar-refractivity contribution in [2.45, 2.75) is 45.3 Å². The molecule has 1 aromatic rings. The van der Waals surface area contributed by atoms with Crippen LogP contribution in [0.5, 0.6) is 0 Å². The normalized spacial score (nSPS) is 18.9. The summed E-state index contributed by atoms with van der Waals surface area (Å²) in [5.74, 6) is 0. The first kappa shape index (κ1) is 8.75. The molecule has 1 saturated carbocycles. The molecule has 1 N–H and O–H groups in total. The number of hydrogen-bond donors (Lipinski definition) is 1. The highest BCUT2D eigenvalue weighted by atomic mass is 15.3. The average molecular weight is 179 g/mol. The van der Waals surface area contributed by atoms with Crippen LogP contribution in [0, 0.1) is 0 Å². The van der Waals surface area contributed by atoms with E-state index < -0.39 is 0 Å². The molecule has 0 atom stereocenters. The van der Waals surface area contributed by atoms with E-state index in [0.717, 1.165) is 13.1 Å². The topological polar surface area (TPSA) is 29.9 Å². The predicted octanol–water partition coefficient (Wildman–Crippen LogP) is 1.55. The van der Waals surface area contributed by atoms with E-state index in [1.54, 1.807) is 0 Å². The van der Waals surface area contributed by atoms with Crippen LogP contribution in [0.25, 0.3) is 0 Å². The number of rotatable bonds is 4. The third kappa shape index (κ3) is 1.91. The summed E-state index contributed by atoms with van der Waals surface area (Å²) < 4.78 is 2.04. The Morgan fingerprint density at radius 1 is 1.62 bits per heavy atom. The lowest BCUT2D eigenvalue weighted by Gasteiger charge is -2.11. The molecule has 0 bridgehead atoms. The van der Waals surface area contributed by atoms with Gasteiger partial charge in [-0.25, -0.2) is 0 Å². The van der Waals surface area contributed by atoms with Crippen molar-refractivity contribution in [2.24, 2.45) is 0 Å². The van der Waals surface area contributed by atoms with Crippen molar-refractivity contribution < 1.29 is 0 Å². The molecule has 0 radical (unpaired) electrons. The molecule has 1 fully saturated rings. The monoisotopic (exact) mass is 179 g/mol. The molecule has 0 unspecified atom stereocenters. The number of aryl methyl sites for hydroxylation is 1. The largest absolute Gasteiger partial charge is 0.306 e. The lowest BCUT2D eigenvalue weighted by Crippen LogP contribution is -2.28. The summed E-state index contributed by atoms with van der Waals surface area (Å²) in [4.78, 5) is 0. The Morgan fingerprint density at radius 3 is 3.00 bits per heavy atom. The number of nitrogens with one attached hydrogen (secondary N) is 1. The lowest BCUT2D eigenvalue weighted by molar-refractivity contribution is 0.506. The van der Waals surface area contributed by atoms with E-state index in [0.29, 0.717) is 5.54 Å². The first-order valence-corrected chi connectivity index (χ1v) is 4.99. The predicted molar refractivity (Wildman–Crippen MR) is 52.4 cm³/mol. The van der Waals surface area contributed by atoms with Gasteiger partial charge in [-0.15, -0.1) is 0 Å². The molecule has 0 aliphatic heterocycles. The molecule has 0 amide bonds. The van der Waals surface area contributed by atoms with Crippen LogP contribution in [0.3, 0.4) is 0 Å². The highest BCUT2D eigenvalue weighted by Gasteiger charge is 2.36. The molecular weight excluding hydrogens is 162 g/mol. The standard InChI is InChI=1S/C10H17N3/c1-3-13-9(4-7-12-13)8-11-10(2)5-6-10/h4,7,11H,3,5-6,8H2,1-2H3. The van der Waals surface area contributed by atoms with Crippen LogP contribution in [-0.2, 0) is 13.1 Å². The first-order valence-electron chi connectivity index (χ1n) is 4.99. The summed E-state index contributed by atoms with van der Waals surface area (Å²) >= 11 is 0. The van der Waals surface area contributed by atoms with E-state index in [1.165, 1.54) is 18.5 Å². The fourth-order valence-corrected chi connectivity index (χ4v) is 1.46. The summed E-state index contributed by atoms with van der Waals surface area (Å²) in [7, 11) is 0. The quantitative estimate of drug-likeness (QED) is 0.760. The molecule has 1 aromatic heterocycles. The third-order valence-electron chi connectivity index (χ3n) is 2.80. The minimum atomic E-state index is 0.419. The van der Waals surface area contributed by atoms with Crippen LogP contribution in [0.4, 0.5) is 0 Å². The molecule has 0 saturated heterocycles. The highest BCUT2D eigenvalue weighted by molar-refractivity contribution is 5.04. The Labute approximate surface area is 79.1 Å². The first-order chi connectivity index (χ1) is 6.23. The van der Waals surface area contributed by atoms with Gasteiger partial charge in [-0.2, -0.15) is 5.10 Å². The van der Waals surface area contributed by atoms with Gasteiger partial charge in [-0.3, -0.25) is 4.68 Å². The zero-order valence-corrected chi connectivity index (χ0v) is 8.38. The average Bonchev–Trinajstić information content (AvgIpc) is 2.69. The molecular formula is C10H17N3. The van der Waals surface area contributed by atoms with E-state index >= 15 is 0 Å². The Bertz CT molecular complexity index is 286. The van der Waals surface area contributed by atoms with Crippen LogP contribution < -0.4 is 5.32 Å². The maximum atomic E-state index is 4.23. The molecule has 1 aliphatic carbocycles. The Kier molecular flexibility index (Phi) is 2.12. The molecule has 13 heavy (non-hydrogen) atoms. The van der Waals surface area contributed by atoms with E-state index in [9.17, 15) is 0 Å². The molecule has 72 valence electrons. The maximum absolute atomic E-state index is 4.23. The number of hydrogen-bond acceptors (Lipinski definition) is 2. The van der Waals surface area contributed by atoms with Gasteiger partial charge in [-0.05, 0) is 32.8 Å². The molecule has 1 heterocycles. The summed E-state index contributed by atoms with van der Waals surface area (Å²) in [6, 6.07) is 2.09. The second-order valence-electron chi connectivity index (χ2n) is 4.05. The SMILES string of the molecule is CCn1nccc1CNC1(C)CC1.